The minimum absolute atomic E-state index is 0.180. The molecule has 4 atom stereocenters. The highest BCUT2D eigenvalue weighted by molar-refractivity contribution is 5.69. The number of hydrogen-bond donors (Lipinski definition) is 1. The smallest absolute Gasteiger partial charge is 0.306 e. The van der Waals surface area contributed by atoms with Crippen molar-refractivity contribution in [3.05, 3.63) is 0 Å². The molecule has 0 heterocycles. The highest BCUT2D eigenvalue weighted by Crippen LogP contribution is 2.41. The number of rotatable bonds is 3. The van der Waals surface area contributed by atoms with Crippen molar-refractivity contribution in [2.75, 3.05) is 0 Å². The topological polar surface area (TPSA) is 37.3 Å². The van der Waals surface area contributed by atoms with Crippen LogP contribution in [0, 0.1) is 29.6 Å². The third-order valence-electron chi connectivity index (χ3n) is 4.11. The van der Waals surface area contributed by atoms with Crippen LogP contribution in [0.25, 0.3) is 0 Å². The summed E-state index contributed by atoms with van der Waals surface area (Å²) in [6.07, 6.45) is 3.57. The van der Waals surface area contributed by atoms with Crippen molar-refractivity contribution in [3.63, 3.8) is 0 Å². The fourth-order valence-electron chi connectivity index (χ4n) is 3.03. The molecule has 2 heteroatoms. The molecule has 0 aromatic rings. The van der Waals surface area contributed by atoms with Crippen LogP contribution in [-0.2, 0) is 4.79 Å². The molecule has 1 aliphatic rings. The Morgan fingerprint density at radius 2 is 1.80 bits per heavy atom. The zero-order chi connectivity index (χ0) is 11.6. The van der Waals surface area contributed by atoms with Gasteiger partial charge in [0, 0.05) is 0 Å². The monoisotopic (exact) mass is 212 g/mol. The Labute approximate surface area is 93.1 Å². The zero-order valence-electron chi connectivity index (χ0n) is 10.4. The van der Waals surface area contributed by atoms with E-state index in [0.717, 1.165) is 6.42 Å². The second kappa shape index (κ2) is 5.00. The first-order valence-corrected chi connectivity index (χ1v) is 6.16. The quantitative estimate of drug-likeness (QED) is 0.778. The van der Waals surface area contributed by atoms with Crippen LogP contribution >= 0.6 is 0 Å². The molecule has 1 unspecified atom stereocenters. The van der Waals surface area contributed by atoms with Crippen LogP contribution in [0.3, 0.4) is 0 Å². The van der Waals surface area contributed by atoms with Gasteiger partial charge in [0.25, 0.3) is 0 Å². The van der Waals surface area contributed by atoms with Crippen molar-refractivity contribution in [2.45, 2.75) is 47.0 Å². The third kappa shape index (κ3) is 2.96. The van der Waals surface area contributed by atoms with E-state index in [-0.39, 0.29) is 5.92 Å². The van der Waals surface area contributed by atoms with Crippen molar-refractivity contribution in [3.8, 4) is 0 Å². The fourth-order valence-corrected chi connectivity index (χ4v) is 3.03. The van der Waals surface area contributed by atoms with E-state index < -0.39 is 5.97 Å². The molecule has 88 valence electrons. The van der Waals surface area contributed by atoms with Crippen molar-refractivity contribution in [2.24, 2.45) is 29.6 Å². The summed E-state index contributed by atoms with van der Waals surface area (Å²) in [5.41, 5.74) is 0. The van der Waals surface area contributed by atoms with Crippen LogP contribution < -0.4 is 0 Å². The Bertz CT molecular complexity index is 223. The molecule has 1 aliphatic carbocycles. The molecular weight excluding hydrogens is 188 g/mol. The predicted octanol–water partition coefficient (Wildman–Crippen LogP) is 3.42. The van der Waals surface area contributed by atoms with Gasteiger partial charge in [0.05, 0.1) is 5.92 Å². The first kappa shape index (κ1) is 12.5. The molecule has 0 bridgehead atoms. The van der Waals surface area contributed by atoms with Crippen LogP contribution in [0.2, 0.25) is 0 Å². The van der Waals surface area contributed by atoms with Gasteiger partial charge in [0.1, 0.15) is 0 Å². The number of carboxylic acids is 1. The molecular formula is C13H24O2. The van der Waals surface area contributed by atoms with Crippen molar-refractivity contribution < 1.29 is 9.90 Å². The first-order valence-electron chi connectivity index (χ1n) is 6.16. The maximum atomic E-state index is 11.1. The van der Waals surface area contributed by atoms with E-state index in [0.29, 0.717) is 23.7 Å². The molecule has 15 heavy (non-hydrogen) atoms. The molecule has 1 N–H and O–H groups in total. The van der Waals surface area contributed by atoms with Crippen LogP contribution in [0.5, 0.6) is 0 Å². The highest BCUT2D eigenvalue weighted by atomic mass is 16.4. The molecule has 0 saturated heterocycles. The number of carboxylic acid groups (broad SMARTS) is 1. The SMILES string of the molecule is CC(C)[C@@H]1CC[C@@H](C)C[C@H]1C(C)C(=O)O. The maximum Gasteiger partial charge on any atom is 0.306 e. The maximum absolute atomic E-state index is 11.1. The summed E-state index contributed by atoms with van der Waals surface area (Å²) in [6.45, 7) is 8.57. The molecule has 0 radical (unpaired) electrons. The summed E-state index contributed by atoms with van der Waals surface area (Å²) < 4.78 is 0. The highest BCUT2D eigenvalue weighted by Gasteiger charge is 2.36. The van der Waals surface area contributed by atoms with Crippen LogP contribution in [0.1, 0.15) is 47.0 Å². The lowest BCUT2D eigenvalue weighted by Crippen LogP contribution is -2.35. The van der Waals surface area contributed by atoms with E-state index in [2.05, 4.69) is 20.8 Å². The van der Waals surface area contributed by atoms with Gasteiger partial charge in [-0.2, -0.15) is 0 Å². The second-order valence-electron chi connectivity index (χ2n) is 5.62. The molecule has 1 fully saturated rings. The summed E-state index contributed by atoms with van der Waals surface area (Å²) in [7, 11) is 0. The lowest BCUT2D eigenvalue weighted by Gasteiger charge is -2.39. The molecule has 0 spiro atoms. The molecule has 0 aromatic carbocycles. The van der Waals surface area contributed by atoms with Crippen molar-refractivity contribution in [1.29, 1.82) is 0 Å². The van der Waals surface area contributed by atoms with E-state index in [1.807, 2.05) is 6.92 Å². The Morgan fingerprint density at radius 3 is 2.27 bits per heavy atom. The van der Waals surface area contributed by atoms with Gasteiger partial charge in [0.2, 0.25) is 0 Å². The minimum Gasteiger partial charge on any atom is -0.481 e. The summed E-state index contributed by atoms with van der Waals surface area (Å²) in [5, 5.41) is 9.12. The van der Waals surface area contributed by atoms with Gasteiger partial charge in [-0.05, 0) is 36.5 Å². The molecule has 0 amide bonds. The average Bonchev–Trinajstić information content (AvgIpc) is 2.15. The Morgan fingerprint density at radius 1 is 1.20 bits per heavy atom. The zero-order valence-corrected chi connectivity index (χ0v) is 10.4. The average molecular weight is 212 g/mol. The van der Waals surface area contributed by atoms with E-state index in [1.165, 1.54) is 12.8 Å². The fraction of sp³-hybridized carbons (Fsp3) is 0.923. The second-order valence-corrected chi connectivity index (χ2v) is 5.62. The van der Waals surface area contributed by atoms with Crippen molar-refractivity contribution >= 4 is 5.97 Å². The van der Waals surface area contributed by atoms with Crippen LogP contribution in [0.15, 0.2) is 0 Å². The van der Waals surface area contributed by atoms with E-state index in [1.54, 1.807) is 0 Å². The summed E-state index contributed by atoms with van der Waals surface area (Å²) in [5.74, 6) is 1.49. The first-order chi connectivity index (χ1) is 6.93. The number of hydrogen-bond acceptors (Lipinski definition) is 1. The van der Waals surface area contributed by atoms with Crippen LogP contribution in [-0.4, -0.2) is 11.1 Å². The predicted molar refractivity (Wildman–Crippen MR) is 61.6 cm³/mol. The van der Waals surface area contributed by atoms with Gasteiger partial charge < -0.3 is 5.11 Å². The Balaban J connectivity index is 2.74. The van der Waals surface area contributed by atoms with Gasteiger partial charge in [-0.25, -0.2) is 0 Å². The van der Waals surface area contributed by atoms with Gasteiger partial charge >= 0.3 is 5.97 Å². The molecule has 0 aromatic heterocycles. The number of aliphatic carboxylic acids is 1. The normalized spacial score (nSPS) is 34.1. The van der Waals surface area contributed by atoms with Crippen LogP contribution in [0.4, 0.5) is 0 Å². The molecule has 0 aliphatic heterocycles. The Hall–Kier alpha value is -0.530. The summed E-state index contributed by atoms with van der Waals surface area (Å²) in [6, 6.07) is 0. The van der Waals surface area contributed by atoms with Crippen molar-refractivity contribution in [1.82, 2.24) is 0 Å². The van der Waals surface area contributed by atoms with E-state index >= 15 is 0 Å². The van der Waals surface area contributed by atoms with E-state index in [4.69, 9.17) is 5.11 Å². The minimum atomic E-state index is -0.625. The molecule has 1 rings (SSSR count). The largest absolute Gasteiger partial charge is 0.481 e. The molecule has 2 nitrogen and oxygen atoms in total. The Kier molecular flexibility index (Phi) is 4.18. The summed E-state index contributed by atoms with van der Waals surface area (Å²) >= 11 is 0. The van der Waals surface area contributed by atoms with E-state index in [9.17, 15) is 4.79 Å². The van der Waals surface area contributed by atoms with Gasteiger partial charge in [-0.15, -0.1) is 0 Å². The van der Waals surface area contributed by atoms with Gasteiger partial charge in [-0.3, -0.25) is 4.79 Å². The lowest BCUT2D eigenvalue weighted by molar-refractivity contribution is -0.144. The van der Waals surface area contributed by atoms with Gasteiger partial charge in [0.15, 0.2) is 0 Å². The standard InChI is InChI=1S/C13H24O2/c1-8(2)11-6-5-9(3)7-12(11)10(4)13(14)15/h8-12H,5-7H2,1-4H3,(H,14,15)/t9-,10?,11+,12+/m1/s1. The third-order valence-corrected chi connectivity index (χ3v) is 4.11. The lowest BCUT2D eigenvalue weighted by atomic mass is 9.66. The number of carbonyl (C=O) groups is 1. The summed E-state index contributed by atoms with van der Waals surface area (Å²) in [4.78, 5) is 11.1. The van der Waals surface area contributed by atoms with Gasteiger partial charge in [-0.1, -0.05) is 34.1 Å². The molecule has 1 saturated carbocycles.